The van der Waals surface area contributed by atoms with E-state index in [0.717, 1.165) is 11.1 Å². The smallest absolute Gasteiger partial charge is 0.330 e. The molecule has 2 amide bonds. The first kappa shape index (κ1) is 20.5. The number of esters is 1. The van der Waals surface area contributed by atoms with E-state index in [9.17, 15) is 14.4 Å². The molecule has 1 N–H and O–H groups in total. The van der Waals surface area contributed by atoms with Crippen molar-refractivity contribution in [2.75, 3.05) is 0 Å². The Kier molecular flexibility index (Phi) is 5.56. The Hall–Kier alpha value is -2.80. The fourth-order valence-corrected chi connectivity index (χ4v) is 5.56. The van der Waals surface area contributed by atoms with Crippen LogP contribution >= 0.6 is 11.8 Å². The molecular weight excluding hydrogens is 400 g/mol. The fraction of sp³-hybridized carbons (Fsp3) is 0.348. The Bertz CT molecular complexity index is 948. The van der Waals surface area contributed by atoms with Crippen LogP contribution in [0.25, 0.3) is 0 Å². The van der Waals surface area contributed by atoms with E-state index in [0.29, 0.717) is 0 Å². The molecule has 3 atom stereocenters. The molecule has 0 bridgehead atoms. The first-order valence-electron chi connectivity index (χ1n) is 9.91. The number of fused-ring (bicyclic) bond motifs is 1. The standard InChI is InChI=1S/C23H24N2O4S/c1-23(2)19(22(28)29-14-16-11-7-4-8-12-16)25-20(27)18(21(25)30-23)24-17(26)13-15-9-5-3-6-10-15/h3-12,18-19,21H,13-14H2,1-2H3,(H,24,26). The third-order valence-electron chi connectivity index (χ3n) is 5.41. The first-order valence-corrected chi connectivity index (χ1v) is 10.8. The van der Waals surface area contributed by atoms with Crippen molar-refractivity contribution in [3.8, 4) is 0 Å². The molecule has 4 rings (SSSR count). The van der Waals surface area contributed by atoms with E-state index < -0.39 is 22.8 Å². The van der Waals surface area contributed by atoms with Gasteiger partial charge >= 0.3 is 5.97 Å². The molecule has 0 aliphatic carbocycles. The molecule has 2 aromatic rings. The summed E-state index contributed by atoms with van der Waals surface area (Å²) in [6.45, 7) is 4.03. The van der Waals surface area contributed by atoms with Crippen molar-refractivity contribution in [3.05, 3.63) is 71.8 Å². The summed E-state index contributed by atoms with van der Waals surface area (Å²) in [5, 5.41) is 2.58. The highest BCUT2D eigenvalue weighted by Crippen LogP contribution is 2.51. The zero-order chi connectivity index (χ0) is 21.3. The monoisotopic (exact) mass is 424 g/mol. The number of amides is 2. The second kappa shape index (κ2) is 8.14. The lowest BCUT2D eigenvalue weighted by molar-refractivity contribution is -0.165. The summed E-state index contributed by atoms with van der Waals surface area (Å²) in [4.78, 5) is 39.6. The van der Waals surface area contributed by atoms with Gasteiger partial charge in [0.05, 0.1) is 6.42 Å². The van der Waals surface area contributed by atoms with Crippen LogP contribution in [0.4, 0.5) is 0 Å². The maximum Gasteiger partial charge on any atom is 0.330 e. The lowest BCUT2D eigenvalue weighted by Crippen LogP contribution is -2.70. The van der Waals surface area contributed by atoms with Crippen molar-refractivity contribution < 1.29 is 19.1 Å². The molecule has 3 unspecified atom stereocenters. The van der Waals surface area contributed by atoms with Crippen LogP contribution in [0.1, 0.15) is 25.0 Å². The maximum atomic E-state index is 12.8. The van der Waals surface area contributed by atoms with Crippen molar-refractivity contribution in [1.82, 2.24) is 10.2 Å². The van der Waals surface area contributed by atoms with Crippen LogP contribution in [0, 0.1) is 0 Å². The summed E-state index contributed by atoms with van der Waals surface area (Å²) >= 11 is 1.53. The van der Waals surface area contributed by atoms with Crippen LogP contribution < -0.4 is 5.32 Å². The quantitative estimate of drug-likeness (QED) is 0.570. The lowest BCUT2D eigenvalue weighted by Gasteiger charge is -2.44. The Balaban J connectivity index is 1.39. The number of hydrogen-bond donors (Lipinski definition) is 1. The Morgan fingerprint density at radius 1 is 1.03 bits per heavy atom. The maximum absolute atomic E-state index is 12.8. The highest BCUT2D eigenvalue weighted by Gasteiger charge is 2.64. The number of β-lactam (4-membered cyclic amide) rings is 1. The van der Waals surface area contributed by atoms with Gasteiger partial charge in [0, 0.05) is 4.75 Å². The summed E-state index contributed by atoms with van der Waals surface area (Å²) in [5.74, 6) is -0.852. The van der Waals surface area contributed by atoms with E-state index in [4.69, 9.17) is 4.74 Å². The summed E-state index contributed by atoms with van der Waals surface area (Å²) in [6, 6.07) is 17.5. The topological polar surface area (TPSA) is 75.7 Å². The van der Waals surface area contributed by atoms with Crippen molar-refractivity contribution in [3.63, 3.8) is 0 Å². The van der Waals surface area contributed by atoms with Crippen LogP contribution in [-0.4, -0.2) is 44.9 Å². The number of hydrogen-bond acceptors (Lipinski definition) is 5. The normalized spacial score (nSPS) is 24.0. The van der Waals surface area contributed by atoms with Crippen LogP contribution in [-0.2, 0) is 32.1 Å². The number of nitrogens with zero attached hydrogens (tertiary/aromatic N) is 1. The molecular formula is C23H24N2O4S. The van der Waals surface area contributed by atoms with Gasteiger partial charge in [-0.2, -0.15) is 0 Å². The van der Waals surface area contributed by atoms with E-state index >= 15 is 0 Å². The average Bonchev–Trinajstić information content (AvgIpc) is 2.99. The molecule has 156 valence electrons. The molecule has 6 nitrogen and oxygen atoms in total. The summed E-state index contributed by atoms with van der Waals surface area (Å²) in [7, 11) is 0. The molecule has 0 spiro atoms. The molecule has 2 fully saturated rings. The zero-order valence-electron chi connectivity index (χ0n) is 16.9. The highest BCUT2D eigenvalue weighted by atomic mass is 32.2. The third-order valence-corrected chi connectivity index (χ3v) is 6.98. The minimum Gasteiger partial charge on any atom is -0.459 e. The van der Waals surface area contributed by atoms with Gasteiger partial charge in [-0.3, -0.25) is 9.59 Å². The predicted molar refractivity (Wildman–Crippen MR) is 114 cm³/mol. The SMILES string of the molecule is CC1(C)SC2C(NC(=O)Cc3ccccc3)C(=O)N2C1C(=O)OCc1ccccc1. The van der Waals surface area contributed by atoms with Gasteiger partial charge in [-0.1, -0.05) is 60.7 Å². The molecule has 0 saturated carbocycles. The molecule has 0 radical (unpaired) electrons. The number of benzene rings is 2. The van der Waals surface area contributed by atoms with Gasteiger partial charge in [0.2, 0.25) is 11.8 Å². The van der Waals surface area contributed by atoms with Crippen LogP contribution in [0.3, 0.4) is 0 Å². The molecule has 2 heterocycles. The minimum absolute atomic E-state index is 0.168. The molecule has 7 heteroatoms. The highest BCUT2D eigenvalue weighted by molar-refractivity contribution is 8.01. The lowest BCUT2D eigenvalue weighted by atomic mass is 9.96. The van der Waals surface area contributed by atoms with E-state index in [1.54, 1.807) is 4.90 Å². The Morgan fingerprint density at radius 2 is 1.63 bits per heavy atom. The van der Waals surface area contributed by atoms with Crippen LogP contribution in [0.2, 0.25) is 0 Å². The number of rotatable bonds is 6. The number of thioether (sulfide) groups is 1. The van der Waals surface area contributed by atoms with Gasteiger partial charge < -0.3 is 15.0 Å². The van der Waals surface area contributed by atoms with Gasteiger partial charge in [0.1, 0.15) is 24.1 Å². The first-order chi connectivity index (χ1) is 14.4. The number of nitrogens with one attached hydrogen (secondary N) is 1. The number of carbonyl (C=O) groups excluding carboxylic acids is 3. The molecule has 2 aliphatic heterocycles. The van der Waals surface area contributed by atoms with Crippen molar-refractivity contribution in [2.24, 2.45) is 0 Å². The average molecular weight is 425 g/mol. The van der Waals surface area contributed by atoms with E-state index in [1.807, 2.05) is 74.5 Å². The summed E-state index contributed by atoms with van der Waals surface area (Å²) in [5.41, 5.74) is 1.78. The zero-order valence-corrected chi connectivity index (χ0v) is 17.7. The second-order valence-corrected chi connectivity index (χ2v) is 9.83. The van der Waals surface area contributed by atoms with Gasteiger partial charge in [-0.25, -0.2) is 4.79 Å². The number of ether oxygens (including phenoxy) is 1. The van der Waals surface area contributed by atoms with E-state index in [2.05, 4.69) is 5.32 Å². The van der Waals surface area contributed by atoms with Gasteiger partial charge in [0.25, 0.3) is 0 Å². The summed E-state index contributed by atoms with van der Waals surface area (Å²) in [6.07, 6.45) is 0.216. The van der Waals surface area contributed by atoms with Crippen molar-refractivity contribution >= 4 is 29.5 Å². The van der Waals surface area contributed by atoms with Gasteiger partial charge in [-0.15, -0.1) is 11.8 Å². The Labute approximate surface area is 180 Å². The van der Waals surface area contributed by atoms with Gasteiger partial charge in [-0.05, 0) is 25.0 Å². The molecule has 2 saturated heterocycles. The fourth-order valence-electron chi connectivity index (χ4n) is 3.94. The van der Waals surface area contributed by atoms with Gasteiger partial charge in [0.15, 0.2) is 0 Å². The largest absolute Gasteiger partial charge is 0.459 e. The van der Waals surface area contributed by atoms with Crippen LogP contribution in [0.15, 0.2) is 60.7 Å². The van der Waals surface area contributed by atoms with Crippen molar-refractivity contribution in [2.45, 2.75) is 49.1 Å². The molecule has 0 aromatic heterocycles. The van der Waals surface area contributed by atoms with E-state index in [-0.39, 0.29) is 30.2 Å². The van der Waals surface area contributed by atoms with E-state index in [1.165, 1.54) is 11.8 Å². The second-order valence-electron chi connectivity index (χ2n) is 8.06. The predicted octanol–water partition coefficient (Wildman–Crippen LogP) is 2.52. The molecule has 2 aromatic carbocycles. The number of carbonyl (C=O) groups is 3. The Morgan fingerprint density at radius 3 is 2.27 bits per heavy atom. The minimum atomic E-state index is -0.675. The van der Waals surface area contributed by atoms with Crippen molar-refractivity contribution in [1.29, 1.82) is 0 Å². The molecule has 2 aliphatic rings. The molecule has 30 heavy (non-hydrogen) atoms. The summed E-state index contributed by atoms with van der Waals surface area (Å²) < 4.78 is 5.00. The van der Waals surface area contributed by atoms with Crippen LogP contribution in [0.5, 0.6) is 0 Å². The third kappa shape index (κ3) is 3.94.